The summed E-state index contributed by atoms with van der Waals surface area (Å²) in [6.45, 7) is 8.74. The van der Waals surface area contributed by atoms with Crippen molar-refractivity contribution in [3.8, 4) is 28.5 Å². The second kappa shape index (κ2) is 11.8. The van der Waals surface area contributed by atoms with Crippen molar-refractivity contribution >= 4 is 40.0 Å². The smallest absolute Gasteiger partial charge is 0.407 e. The van der Waals surface area contributed by atoms with Crippen LogP contribution in [0.15, 0.2) is 55.0 Å². The molecule has 5 heterocycles. The summed E-state index contributed by atoms with van der Waals surface area (Å²) in [4.78, 5) is 35.2. The SMILES string of the molecule is CCc1nc2ccc(-c3cnc(N4CC(NC(=O)OC(C)(C)C)C4)nc3)cn2c1N(C)c1nc(-c2ccc(F)cc2)c(C#N)s1. The number of aryl methyl sites for hydroxylation is 1. The van der Waals surface area contributed by atoms with Gasteiger partial charge in [0.25, 0.3) is 0 Å². The van der Waals surface area contributed by atoms with Gasteiger partial charge >= 0.3 is 6.09 Å². The summed E-state index contributed by atoms with van der Waals surface area (Å²) in [5.74, 6) is 1.08. The molecule has 0 bridgehead atoms. The predicted molar refractivity (Wildman–Crippen MR) is 171 cm³/mol. The Hall–Kier alpha value is -5.09. The summed E-state index contributed by atoms with van der Waals surface area (Å²) in [7, 11) is 1.90. The lowest BCUT2D eigenvalue weighted by atomic mass is 10.1. The fourth-order valence-electron chi connectivity index (χ4n) is 5.11. The highest BCUT2D eigenvalue weighted by Crippen LogP contribution is 2.37. The first-order chi connectivity index (χ1) is 21.5. The lowest BCUT2D eigenvalue weighted by Gasteiger charge is -2.39. The zero-order valence-electron chi connectivity index (χ0n) is 25.6. The van der Waals surface area contributed by atoms with Crippen LogP contribution in [0.5, 0.6) is 0 Å². The molecule has 0 aliphatic carbocycles. The second-order valence-corrected chi connectivity index (χ2v) is 12.7. The number of imidazole rings is 1. The molecule has 45 heavy (non-hydrogen) atoms. The lowest BCUT2D eigenvalue weighted by molar-refractivity contribution is 0.0495. The Morgan fingerprint density at radius 3 is 2.44 bits per heavy atom. The van der Waals surface area contributed by atoms with Gasteiger partial charge in [0.05, 0.1) is 11.7 Å². The summed E-state index contributed by atoms with van der Waals surface area (Å²) >= 11 is 1.27. The Morgan fingerprint density at radius 1 is 1.11 bits per heavy atom. The van der Waals surface area contributed by atoms with Crippen LogP contribution in [0.2, 0.25) is 0 Å². The van der Waals surface area contributed by atoms with Gasteiger partial charge in [-0.3, -0.25) is 4.40 Å². The molecule has 13 heteroatoms. The number of carbonyl (C=O) groups excluding carboxylic acids is 1. The Labute approximate surface area is 264 Å². The summed E-state index contributed by atoms with van der Waals surface area (Å²) in [5, 5.41) is 13.3. The Bertz CT molecular complexity index is 1900. The molecule has 0 radical (unpaired) electrons. The third-order valence-electron chi connectivity index (χ3n) is 7.29. The van der Waals surface area contributed by atoms with E-state index in [-0.39, 0.29) is 11.9 Å². The first-order valence-electron chi connectivity index (χ1n) is 14.5. The molecule has 0 atom stereocenters. The van der Waals surface area contributed by atoms with E-state index in [2.05, 4.69) is 21.4 Å². The normalized spacial score (nSPS) is 13.4. The van der Waals surface area contributed by atoms with Gasteiger partial charge in [-0.25, -0.2) is 29.1 Å². The maximum atomic E-state index is 13.5. The number of alkyl carbamates (subject to hydrolysis) is 1. The maximum absolute atomic E-state index is 13.5. The molecule has 5 aromatic rings. The van der Waals surface area contributed by atoms with Gasteiger partial charge in [0.1, 0.15) is 39.5 Å². The average Bonchev–Trinajstić information content (AvgIpc) is 3.59. The van der Waals surface area contributed by atoms with Crippen molar-refractivity contribution in [3.05, 3.63) is 71.4 Å². The third-order valence-corrected chi connectivity index (χ3v) is 8.33. The molecular formula is C32H32FN9O2S. The standard InChI is InChI=1S/C32H32FN9O2S/c1-6-24-28(40(5)30-39-27(25(13-34)45-30)19-7-10-22(33)11-8-19)42-16-20(9-12-26(42)38-24)21-14-35-29(36-15-21)41-17-23(18-41)37-31(43)44-32(2,3)4/h7-12,14-16,23H,6,17-18H2,1-5H3,(H,37,43). The maximum Gasteiger partial charge on any atom is 0.407 e. The monoisotopic (exact) mass is 625 g/mol. The van der Waals surface area contributed by atoms with Crippen molar-refractivity contribution in [1.82, 2.24) is 29.7 Å². The van der Waals surface area contributed by atoms with Crippen molar-refractivity contribution in [3.63, 3.8) is 0 Å². The van der Waals surface area contributed by atoms with Gasteiger partial charge in [-0.05, 0) is 63.6 Å². The van der Waals surface area contributed by atoms with Crippen LogP contribution >= 0.6 is 11.3 Å². The second-order valence-electron chi connectivity index (χ2n) is 11.8. The van der Waals surface area contributed by atoms with E-state index >= 15 is 0 Å². The van der Waals surface area contributed by atoms with E-state index in [1.165, 1.54) is 23.5 Å². The molecule has 1 amide bonds. The summed E-state index contributed by atoms with van der Waals surface area (Å²) in [6.07, 6.45) is 5.83. The van der Waals surface area contributed by atoms with Crippen LogP contribution < -0.4 is 15.1 Å². The van der Waals surface area contributed by atoms with E-state index in [1.807, 2.05) is 67.3 Å². The van der Waals surface area contributed by atoms with Crippen molar-refractivity contribution in [2.45, 2.75) is 45.8 Å². The molecule has 1 aromatic carbocycles. The zero-order chi connectivity index (χ0) is 31.9. The molecule has 11 nitrogen and oxygen atoms in total. The van der Waals surface area contributed by atoms with E-state index in [0.717, 1.165) is 28.3 Å². The number of anilines is 3. The molecule has 0 spiro atoms. The highest BCUT2D eigenvalue weighted by atomic mass is 32.1. The third kappa shape index (κ3) is 6.14. The number of pyridine rings is 1. The van der Waals surface area contributed by atoms with Crippen molar-refractivity contribution in [2.75, 3.05) is 29.9 Å². The lowest BCUT2D eigenvalue weighted by Crippen LogP contribution is -2.60. The highest BCUT2D eigenvalue weighted by Gasteiger charge is 2.31. The molecule has 1 aliphatic heterocycles. The van der Waals surface area contributed by atoms with Gasteiger partial charge in [0.2, 0.25) is 5.95 Å². The van der Waals surface area contributed by atoms with Gasteiger partial charge in [0, 0.05) is 55.4 Å². The number of nitrogens with one attached hydrogen (secondary N) is 1. The molecule has 1 fully saturated rings. The Kier molecular flexibility index (Phi) is 7.84. The van der Waals surface area contributed by atoms with Gasteiger partial charge in [-0.1, -0.05) is 18.3 Å². The topological polar surface area (TPSA) is 125 Å². The van der Waals surface area contributed by atoms with Gasteiger partial charge in [-0.15, -0.1) is 0 Å². The van der Waals surface area contributed by atoms with Crippen LogP contribution in [0.25, 0.3) is 28.0 Å². The summed E-state index contributed by atoms with van der Waals surface area (Å²) in [6, 6.07) is 12.1. The first kappa shape index (κ1) is 30.0. The van der Waals surface area contributed by atoms with E-state index in [0.29, 0.717) is 46.7 Å². The average molecular weight is 626 g/mol. The number of hydrogen-bond donors (Lipinski definition) is 1. The molecule has 0 saturated carbocycles. The minimum atomic E-state index is -0.545. The largest absolute Gasteiger partial charge is 0.444 e. The van der Waals surface area contributed by atoms with Crippen molar-refractivity contribution in [1.29, 1.82) is 5.26 Å². The van der Waals surface area contributed by atoms with E-state index in [9.17, 15) is 14.4 Å². The number of benzene rings is 1. The van der Waals surface area contributed by atoms with E-state index < -0.39 is 11.7 Å². The minimum absolute atomic E-state index is 0.0243. The first-order valence-corrected chi connectivity index (χ1v) is 15.3. The number of nitriles is 1. The number of thiazole rings is 1. The Morgan fingerprint density at radius 2 is 1.80 bits per heavy atom. The number of aromatic nitrogens is 5. The fourth-order valence-corrected chi connectivity index (χ4v) is 5.96. The zero-order valence-corrected chi connectivity index (χ0v) is 26.4. The van der Waals surface area contributed by atoms with Crippen LogP contribution in [-0.2, 0) is 11.2 Å². The molecule has 230 valence electrons. The molecule has 1 N–H and O–H groups in total. The van der Waals surface area contributed by atoms with Crippen LogP contribution in [-0.4, -0.2) is 62.2 Å². The quantitative estimate of drug-likeness (QED) is 0.233. The number of fused-ring (bicyclic) bond motifs is 1. The number of carbonyl (C=O) groups is 1. The van der Waals surface area contributed by atoms with Crippen LogP contribution in [0, 0.1) is 17.1 Å². The molecule has 1 aliphatic rings. The number of hydrogen-bond acceptors (Lipinski definition) is 10. The van der Waals surface area contributed by atoms with Crippen LogP contribution in [0.1, 0.15) is 38.3 Å². The van der Waals surface area contributed by atoms with Gasteiger partial charge in [-0.2, -0.15) is 5.26 Å². The van der Waals surface area contributed by atoms with Gasteiger partial charge < -0.3 is 19.9 Å². The van der Waals surface area contributed by atoms with Crippen molar-refractivity contribution < 1.29 is 13.9 Å². The molecule has 6 rings (SSSR count). The number of rotatable bonds is 7. The summed E-state index contributed by atoms with van der Waals surface area (Å²) < 4.78 is 20.9. The molecule has 4 aromatic heterocycles. The van der Waals surface area contributed by atoms with E-state index in [4.69, 9.17) is 14.7 Å². The molecular weight excluding hydrogens is 593 g/mol. The minimum Gasteiger partial charge on any atom is -0.444 e. The van der Waals surface area contributed by atoms with Crippen LogP contribution in [0.3, 0.4) is 0 Å². The molecule has 1 saturated heterocycles. The number of nitrogens with zero attached hydrogens (tertiary/aromatic N) is 8. The fraction of sp³-hybridized carbons (Fsp3) is 0.312. The number of amides is 1. The number of halogens is 1. The predicted octanol–water partition coefficient (Wildman–Crippen LogP) is 5.97. The van der Waals surface area contributed by atoms with Crippen molar-refractivity contribution in [2.24, 2.45) is 0 Å². The van der Waals surface area contributed by atoms with Gasteiger partial charge in [0.15, 0.2) is 5.13 Å². The Balaban J connectivity index is 1.23. The molecule has 0 unspecified atom stereocenters. The van der Waals surface area contributed by atoms with Crippen LogP contribution in [0.4, 0.5) is 26.1 Å². The van der Waals surface area contributed by atoms with E-state index in [1.54, 1.807) is 24.5 Å². The highest BCUT2D eigenvalue weighted by molar-refractivity contribution is 7.16. The summed E-state index contributed by atoms with van der Waals surface area (Å²) in [5.41, 5.74) is 4.04. The number of ether oxygens (including phenoxy) is 1.